The normalized spacial score (nSPS) is 9.31. The summed E-state index contributed by atoms with van der Waals surface area (Å²) in [5, 5.41) is 1.73. The van der Waals surface area contributed by atoms with E-state index in [2.05, 4.69) is 11.3 Å². The molecule has 0 bridgehead atoms. The first-order chi connectivity index (χ1) is 7.72. The van der Waals surface area contributed by atoms with Crippen LogP contribution in [-0.4, -0.2) is 19.7 Å². The Kier molecular flexibility index (Phi) is 4.20. The fraction of sp³-hybridized carbons (Fsp3) is 0.182. The summed E-state index contributed by atoms with van der Waals surface area (Å²) in [6, 6.07) is 4.38. The lowest BCUT2D eigenvalue weighted by Gasteiger charge is -2.04. The SMILES string of the molecule is C=CCOc1cc(C(=O)OC)ccc1[NH+]=O. The van der Waals surface area contributed by atoms with Crippen molar-refractivity contribution in [2.45, 2.75) is 0 Å². The van der Waals surface area contributed by atoms with Crippen LogP contribution in [0, 0.1) is 4.91 Å². The molecule has 1 aromatic rings. The summed E-state index contributed by atoms with van der Waals surface area (Å²) in [6.45, 7) is 3.74. The van der Waals surface area contributed by atoms with Crippen molar-refractivity contribution in [2.75, 3.05) is 13.7 Å². The minimum absolute atomic E-state index is 0.249. The average molecular weight is 222 g/mol. The summed E-state index contributed by atoms with van der Waals surface area (Å²) in [5.41, 5.74) is 0.579. The second-order valence-corrected chi connectivity index (χ2v) is 2.90. The molecule has 0 saturated heterocycles. The third kappa shape index (κ3) is 2.66. The first-order valence-electron chi connectivity index (χ1n) is 4.57. The van der Waals surface area contributed by atoms with Crippen molar-refractivity contribution < 1.29 is 19.4 Å². The van der Waals surface area contributed by atoms with Gasteiger partial charge in [-0.2, -0.15) is 0 Å². The number of carbonyl (C=O) groups is 1. The minimum atomic E-state index is -0.485. The van der Waals surface area contributed by atoms with Crippen LogP contribution in [0.4, 0.5) is 5.69 Å². The Morgan fingerprint density at radius 3 is 2.88 bits per heavy atom. The fourth-order valence-electron chi connectivity index (χ4n) is 1.12. The zero-order chi connectivity index (χ0) is 12.0. The lowest BCUT2D eigenvalue weighted by molar-refractivity contribution is -0.380. The largest absolute Gasteiger partial charge is 0.483 e. The number of esters is 1. The third-order valence-corrected chi connectivity index (χ3v) is 1.87. The molecule has 0 spiro atoms. The van der Waals surface area contributed by atoms with Crippen LogP contribution >= 0.6 is 0 Å². The molecule has 0 aliphatic carbocycles. The summed E-state index contributed by atoms with van der Waals surface area (Å²) >= 11 is 0. The average Bonchev–Trinajstić information content (AvgIpc) is 2.34. The topological polar surface area (TPSA) is 66.6 Å². The van der Waals surface area contributed by atoms with Gasteiger partial charge >= 0.3 is 5.97 Å². The van der Waals surface area contributed by atoms with Crippen molar-refractivity contribution in [3.8, 4) is 5.75 Å². The van der Waals surface area contributed by atoms with Gasteiger partial charge in [-0.25, -0.2) is 4.79 Å². The molecule has 0 unspecified atom stereocenters. The molecule has 0 aromatic heterocycles. The maximum absolute atomic E-state index is 11.2. The van der Waals surface area contributed by atoms with Crippen molar-refractivity contribution in [3.05, 3.63) is 41.3 Å². The van der Waals surface area contributed by atoms with Crippen LogP contribution in [0.15, 0.2) is 30.9 Å². The van der Waals surface area contributed by atoms with Gasteiger partial charge in [-0.05, 0) is 6.07 Å². The number of benzene rings is 1. The van der Waals surface area contributed by atoms with Crippen LogP contribution < -0.4 is 9.91 Å². The third-order valence-electron chi connectivity index (χ3n) is 1.87. The highest BCUT2D eigenvalue weighted by atomic mass is 16.5. The van der Waals surface area contributed by atoms with E-state index in [4.69, 9.17) is 4.74 Å². The molecule has 0 heterocycles. The Labute approximate surface area is 92.6 Å². The van der Waals surface area contributed by atoms with Crippen LogP contribution in [-0.2, 0) is 4.74 Å². The van der Waals surface area contributed by atoms with Crippen molar-refractivity contribution >= 4 is 11.7 Å². The first-order valence-corrected chi connectivity index (χ1v) is 4.57. The van der Waals surface area contributed by atoms with E-state index < -0.39 is 5.97 Å². The van der Waals surface area contributed by atoms with Crippen molar-refractivity contribution in [3.63, 3.8) is 0 Å². The Morgan fingerprint density at radius 1 is 1.56 bits per heavy atom. The van der Waals surface area contributed by atoms with Gasteiger partial charge in [0.2, 0.25) is 0 Å². The van der Waals surface area contributed by atoms with Gasteiger partial charge in [0, 0.05) is 22.2 Å². The van der Waals surface area contributed by atoms with E-state index in [1.807, 2.05) is 0 Å². The molecule has 0 saturated carbocycles. The predicted molar refractivity (Wildman–Crippen MR) is 57.5 cm³/mol. The minimum Gasteiger partial charge on any atom is -0.483 e. The summed E-state index contributed by atoms with van der Waals surface area (Å²) < 4.78 is 9.78. The summed E-state index contributed by atoms with van der Waals surface area (Å²) in [6.07, 6.45) is 1.54. The van der Waals surface area contributed by atoms with Crippen molar-refractivity contribution in [1.29, 1.82) is 0 Å². The quantitative estimate of drug-likeness (QED) is 0.582. The van der Waals surface area contributed by atoms with Gasteiger partial charge < -0.3 is 9.47 Å². The van der Waals surface area contributed by atoms with E-state index in [-0.39, 0.29) is 18.0 Å². The number of methoxy groups -OCH3 is 1. The van der Waals surface area contributed by atoms with Crippen molar-refractivity contribution in [2.24, 2.45) is 0 Å². The maximum atomic E-state index is 11.2. The van der Waals surface area contributed by atoms with Gasteiger partial charge in [0.25, 0.3) is 5.69 Å². The monoisotopic (exact) mass is 222 g/mol. The Bertz CT molecular complexity index is 414. The van der Waals surface area contributed by atoms with Gasteiger partial charge in [-0.3, -0.25) is 0 Å². The second-order valence-electron chi connectivity index (χ2n) is 2.90. The highest BCUT2D eigenvalue weighted by Crippen LogP contribution is 2.21. The molecule has 0 atom stereocenters. The van der Waals surface area contributed by atoms with Gasteiger partial charge in [-0.15, -0.1) is 0 Å². The Balaban J connectivity index is 3.05. The molecule has 1 N–H and O–H groups in total. The van der Waals surface area contributed by atoms with Crippen LogP contribution in [0.1, 0.15) is 10.4 Å². The highest BCUT2D eigenvalue weighted by Gasteiger charge is 2.14. The summed E-state index contributed by atoms with van der Waals surface area (Å²) in [5.74, 6) is -0.196. The Hall–Kier alpha value is -2.17. The molecule has 5 heteroatoms. The summed E-state index contributed by atoms with van der Waals surface area (Å²) in [4.78, 5) is 21.8. The number of ether oxygens (including phenoxy) is 2. The molecule has 0 aliphatic heterocycles. The Morgan fingerprint density at radius 2 is 2.31 bits per heavy atom. The number of nitroso groups, excluding NO2 is 1. The second kappa shape index (κ2) is 5.65. The number of hydrogen-bond donors (Lipinski definition) is 1. The molecule has 0 aliphatic rings. The predicted octanol–water partition coefficient (Wildman–Crippen LogP) is 0.516. The van der Waals surface area contributed by atoms with Gasteiger partial charge in [0.1, 0.15) is 6.61 Å². The molecule has 5 nitrogen and oxygen atoms in total. The fourth-order valence-corrected chi connectivity index (χ4v) is 1.12. The van der Waals surface area contributed by atoms with E-state index in [1.54, 1.807) is 11.3 Å². The molecule has 1 aromatic carbocycles. The van der Waals surface area contributed by atoms with Gasteiger partial charge in [0.05, 0.1) is 12.7 Å². The van der Waals surface area contributed by atoms with Gasteiger partial charge in [0.15, 0.2) is 5.75 Å². The smallest absolute Gasteiger partial charge is 0.337 e. The highest BCUT2D eigenvalue weighted by molar-refractivity contribution is 5.90. The standard InChI is InChI=1S/C11H11NO4/c1-3-6-16-10-7-8(11(13)15-2)4-5-9(10)12-14/h3-5,7H,1,6H2,2H3/p+1. The molecular formula is C11H12NO4+. The number of rotatable bonds is 5. The van der Waals surface area contributed by atoms with Crippen LogP contribution in [0.25, 0.3) is 0 Å². The molecule has 0 amide bonds. The summed E-state index contributed by atoms with van der Waals surface area (Å²) in [7, 11) is 1.28. The number of nitrogens with one attached hydrogen (secondary N) is 1. The van der Waals surface area contributed by atoms with Gasteiger partial charge in [-0.1, -0.05) is 12.7 Å². The number of carbonyl (C=O) groups excluding carboxylic acids is 1. The van der Waals surface area contributed by atoms with Crippen LogP contribution in [0.2, 0.25) is 0 Å². The zero-order valence-corrected chi connectivity index (χ0v) is 8.86. The lowest BCUT2D eigenvalue weighted by atomic mass is 10.2. The van der Waals surface area contributed by atoms with Crippen LogP contribution in [0.5, 0.6) is 5.75 Å². The van der Waals surface area contributed by atoms with E-state index in [1.165, 1.54) is 25.3 Å². The molecule has 0 radical (unpaired) electrons. The van der Waals surface area contributed by atoms with Crippen molar-refractivity contribution in [1.82, 2.24) is 0 Å². The van der Waals surface area contributed by atoms with E-state index >= 15 is 0 Å². The zero-order valence-electron chi connectivity index (χ0n) is 8.86. The first kappa shape index (κ1) is 11.9. The maximum Gasteiger partial charge on any atom is 0.337 e. The molecular weight excluding hydrogens is 210 g/mol. The molecule has 0 fully saturated rings. The molecule has 1 rings (SSSR count). The van der Waals surface area contributed by atoms with E-state index in [0.29, 0.717) is 5.56 Å². The lowest BCUT2D eigenvalue weighted by Crippen LogP contribution is -2.55. The van der Waals surface area contributed by atoms with Crippen LogP contribution in [0.3, 0.4) is 0 Å². The molecule has 16 heavy (non-hydrogen) atoms. The molecule has 84 valence electrons. The van der Waals surface area contributed by atoms with E-state index in [9.17, 15) is 9.70 Å². The van der Waals surface area contributed by atoms with E-state index in [0.717, 1.165) is 0 Å². The number of hydrogen-bond acceptors (Lipinski definition) is 4.